The van der Waals surface area contributed by atoms with Crippen LogP contribution in [-0.2, 0) is 12.5 Å². The molecular weight excluding hydrogens is 231 g/mol. The average molecular weight is 240 g/mol. The summed E-state index contributed by atoms with van der Waals surface area (Å²) in [4.78, 5) is 0. The topological polar surface area (TPSA) is 12.0 Å². The van der Waals surface area contributed by atoms with E-state index in [2.05, 4.69) is 5.32 Å². The van der Waals surface area contributed by atoms with Crippen molar-refractivity contribution < 1.29 is 8.78 Å². The average Bonchev–Trinajstić information content (AvgIpc) is 2.06. The maximum Gasteiger partial charge on any atom is 0.285 e. The van der Waals surface area contributed by atoms with Crippen molar-refractivity contribution in [3.63, 3.8) is 0 Å². The van der Waals surface area contributed by atoms with Gasteiger partial charge in [-0.05, 0) is 17.7 Å². The van der Waals surface area contributed by atoms with Crippen molar-refractivity contribution in [2.24, 2.45) is 0 Å². The Morgan fingerprint density at radius 1 is 1.36 bits per heavy atom. The number of halogens is 4. The summed E-state index contributed by atoms with van der Waals surface area (Å²) < 4.78 is 26.5. The predicted octanol–water partition coefficient (Wildman–Crippen LogP) is 2.96. The molecule has 1 N–H and O–H groups in total. The second kappa shape index (κ2) is 4.01. The molecule has 5 heteroatoms. The smallest absolute Gasteiger partial charge is 0.285 e. The zero-order chi connectivity index (χ0) is 9.47. The minimum atomic E-state index is -2.79. The maximum atomic E-state index is 13.3. The van der Waals surface area contributed by atoms with Gasteiger partial charge in [-0.2, -0.15) is 8.78 Å². The molecule has 0 saturated carbocycles. The van der Waals surface area contributed by atoms with E-state index in [1.165, 1.54) is 6.07 Å². The molecule has 0 aromatic heterocycles. The highest BCUT2D eigenvalue weighted by Gasteiger charge is 2.36. The van der Waals surface area contributed by atoms with Crippen LogP contribution in [0, 0.1) is 0 Å². The van der Waals surface area contributed by atoms with Crippen LogP contribution in [0.2, 0.25) is 5.02 Å². The molecule has 2 rings (SSSR count). The van der Waals surface area contributed by atoms with E-state index < -0.39 is 5.92 Å². The van der Waals surface area contributed by atoms with Crippen LogP contribution in [0.15, 0.2) is 18.2 Å². The molecule has 0 radical (unpaired) electrons. The summed E-state index contributed by atoms with van der Waals surface area (Å²) in [5, 5.41) is 3.02. The van der Waals surface area contributed by atoms with Crippen molar-refractivity contribution in [3.05, 3.63) is 34.3 Å². The molecule has 0 aliphatic carbocycles. The van der Waals surface area contributed by atoms with E-state index in [4.69, 9.17) is 11.6 Å². The monoisotopic (exact) mass is 239 g/mol. The molecular formula is C9H9Cl2F2N. The maximum absolute atomic E-state index is 13.3. The van der Waals surface area contributed by atoms with Gasteiger partial charge in [-0.25, -0.2) is 0 Å². The Hall–Kier alpha value is -0.380. The molecule has 1 nitrogen and oxygen atoms in total. The molecule has 1 aliphatic rings. The Morgan fingerprint density at radius 3 is 2.79 bits per heavy atom. The third-order valence-corrected chi connectivity index (χ3v) is 2.36. The highest BCUT2D eigenvalue weighted by Crippen LogP contribution is 2.34. The van der Waals surface area contributed by atoms with Crippen LogP contribution < -0.4 is 5.32 Å². The lowest BCUT2D eigenvalue weighted by Gasteiger charge is -2.25. The molecule has 0 unspecified atom stereocenters. The minimum absolute atomic E-state index is 0. The summed E-state index contributed by atoms with van der Waals surface area (Å²) in [6.45, 7) is 0.183. The highest BCUT2D eigenvalue weighted by molar-refractivity contribution is 6.30. The second-order valence-corrected chi connectivity index (χ2v) is 3.55. The Balaban J connectivity index is 0.000000980. The van der Waals surface area contributed by atoms with Crippen LogP contribution in [0.5, 0.6) is 0 Å². The van der Waals surface area contributed by atoms with Crippen LogP contribution in [0.25, 0.3) is 0 Å². The van der Waals surface area contributed by atoms with E-state index in [-0.39, 0.29) is 24.5 Å². The summed E-state index contributed by atoms with van der Waals surface area (Å²) in [7, 11) is 0. The third-order valence-electron chi connectivity index (χ3n) is 2.13. The van der Waals surface area contributed by atoms with Gasteiger partial charge in [-0.1, -0.05) is 17.7 Å². The first-order chi connectivity index (χ1) is 6.09. The molecule has 1 aromatic rings. The fraction of sp³-hybridized carbons (Fsp3) is 0.333. The first-order valence-corrected chi connectivity index (χ1v) is 4.35. The molecule has 0 spiro atoms. The lowest BCUT2D eigenvalue weighted by molar-refractivity contribution is -0.0107. The van der Waals surface area contributed by atoms with Gasteiger partial charge in [-0.15, -0.1) is 12.4 Å². The van der Waals surface area contributed by atoms with Crippen LogP contribution >= 0.6 is 24.0 Å². The Kier molecular flexibility index (Phi) is 3.35. The molecule has 78 valence electrons. The summed E-state index contributed by atoms with van der Waals surface area (Å²) in [6, 6.07) is 4.61. The SMILES string of the molecule is Cl.FC1(F)CNCc2ccc(Cl)cc21. The highest BCUT2D eigenvalue weighted by atomic mass is 35.5. The quantitative estimate of drug-likeness (QED) is 0.735. The lowest BCUT2D eigenvalue weighted by Crippen LogP contribution is -2.36. The zero-order valence-electron chi connectivity index (χ0n) is 7.19. The summed E-state index contributed by atoms with van der Waals surface area (Å²) in [5.41, 5.74) is 0.680. The first kappa shape index (κ1) is 11.7. The number of hydrogen-bond donors (Lipinski definition) is 1. The van der Waals surface area contributed by atoms with Crippen molar-refractivity contribution in [1.82, 2.24) is 5.32 Å². The number of alkyl halides is 2. The zero-order valence-corrected chi connectivity index (χ0v) is 8.76. The number of hydrogen-bond acceptors (Lipinski definition) is 1. The summed E-state index contributed by atoms with van der Waals surface area (Å²) >= 11 is 5.65. The van der Waals surface area contributed by atoms with Crippen molar-refractivity contribution in [3.8, 4) is 0 Å². The molecule has 0 atom stereocenters. The van der Waals surface area contributed by atoms with Gasteiger partial charge >= 0.3 is 0 Å². The second-order valence-electron chi connectivity index (χ2n) is 3.11. The molecule has 0 saturated heterocycles. The van der Waals surface area contributed by atoms with E-state index in [0.29, 0.717) is 17.1 Å². The van der Waals surface area contributed by atoms with Gasteiger partial charge in [0.15, 0.2) is 0 Å². The van der Waals surface area contributed by atoms with Crippen molar-refractivity contribution in [1.29, 1.82) is 0 Å². The van der Waals surface area contributed by atoms with E-state index in [1.807, 2.05) is 0 Å². The predicted molar refractivity (Wildman–Crippen MR) is 54.3 cm³/mol. The van der Waals surface area contributed by atoms with Gasteiger partial charge in [0.05, 0.1) is 6.54 Å². The molecule has 1 aliphatic heterocycles. The lowest BCUT2D eigenvalue weighted by atomic mass is 9.98. The number of nitrogens with one attached hydrogen (secondary N) is 1. The molecule has 0 amide bonds. The molecule has 14 heavy (non-hydrogen) atoms. The largest absolute Gasteiger partial charge is 0.307 e. The molecule has 0 fully saturated rings. The van der Waals surface area contributed by atoms with Crippen LogP contribution in [0.1, 0.15) is 11.1 Å². The van der Waals surface area contributed by atoms with E-state index in [9.17, 15) is 8.78 Å². The van der Waals surface area contributed by atoms with Gasteiger partial charge in [0.25, 0.3) is 5.92 Å². The fourth-order valence-electron chi connectivity index (χ4n) is 1.49. The Labute approximate surface area is 91.9 Å². The fourth-order valence-corrected chi connectivity index (χ4v) is 1.66. The number of rotatable bonds is 0. The number of benzene rings is 1. The summed E-state index contributed by atoms with van der Waals surface area (Å²) in [5.74, 6) is -2.79. The summed E-state index contributed by atoms with van der Waals surface area (Å²) in [6.07, 6.45) is 0. The Morgan fingerprint density at radius 2 is 2.07 bits per heavy atom. The molecule has 1 heterocycles. The van der Waals surface area contributed by atoms with Gasteiger partial charge in [0, 0.05) is 17.1 Å². The van der Waals surface area contributed by atoms with Crippen LogP contribution in [0.4, 0.5) is 8.78 Å². The van der Waals surface area contributed by atoms with Crippen molar-refractivity contribution in [2.45, 2.75) is 12.5 Å². The van der Waals surface area contributed by atoms with Crippen molar-refractivity contribution >= 4 is 24.0 Å². The van der Waals surface area contributed by atoms with E-state index >= 15 is 0 Å². The molecule has 0 bridgehead atoms. The van der Waals surface area contributed by atoms with Gasteiger partial charge in [0.2, 0.25) is 0 Å². The van der Waals surface area contributed by atoms with Gasteiger partial charge in [0.1, 0.15) is 0 Å². The normalized spacial score (nSPS) is 18.2. The van der Waals surface area contributed by atoms with E-state index in [1.54, 1.807) is 12.1 Å². The third kappa shape index (κ3) is 2.00. The molecule has 1 aromatic carbocycles. The standard InChI is InChI=1S/C9H8ClF2N.ClH/c10-7-2-1-6-4-13-5-9(11,12)8(6)3-7;/h1-3,13H,4-5H2;1H. The Bertz CT molecular complexity index is 342. The van der Waals surface area contributed by atoms with Crippen LogP contribution in [-0.4, -0.2) is 6.54 Å². The van der Waals surface area contributed by atoms with Gasteiger partial charge < -0.3 is 5.32 Å². The minimum Gasteiger partial charge on any atom is -0.307 e. The van der Waals surface area contributed by atoms with Crippen LogP contribution in [0.3, 0.4) is 0 Å². The van der Waals surface area contributed by atoms with Gasteiger partial charge in [-0.3, -0.25) is 0 Å². The first-order valence-electron chi connectivity index (χ1n) is 3.97. The van der Waals surface area contributed by atoms with E-state index in [0.717, 1.165) is 0 Å². The number of fused-ring (bicyclic) bond motifs is 1. The van der Waals surface area contributed by atoms with Crippen molar-refractivity contribution in [2.75, 3.05) is 6.54 Å².